The fraction of sp³-hybridized carbons (Fsp3) is 0.174. The van der Waals surface area contributed by atoms with Crippen LogP contribution in [0.1, 0.15) is 17.3 Å². The molecule has 0 amide bonds. The first-order valence-electron chi connectivity index (χ1n) is 9.28. The van der Waals surface area contributed by atoms with Crippen molar-refractivity contribution in [3.05, 3.63) is 82.4 Å². The number of hydrogen-bond acceptors (Lipinski definition) is 6. The smallest absolute Gasteiger partial charge is 0.270 e. The van der Waals surface area contributed by atoms with E-state index in [4.69, 9.17) is 14.2 Å². The Bertz CT molecular complexity index is 1050. The van der Waals surface area contributed by atoms with Gasteiger partial charge in [-0.3, -0.25) is 14.9 Å². The highest BCUT2D eigenvalue weighted by Gasteiger charge is 2.14. The number of ketones is 1. The van der Waals surface area contributed by atoms with Gasteiger partial charge >= 0.3 is 0 Å². The molecule has 7 nitrogen and oxygen atoms in total. The number of nitrogens with zero attached hydrogens (tertiary/aromatic N) is 1. The van der Waals surface area contributed by atoms with Crippen LogP contribution in [0.25, 0.3) is 11.1 Å². The molecule has 0 spiro atoms. The number of methoxy groups -OCH3 is 1. The van der Waals surface area contributed by atoms with Crippen molar-refractivity contribution in [1.82, 2.24) is 0 Å². The molecule has 3 aromatic rings. The Morgan fingerprint density at radius 2 is 1.60 bits per heavy atom. The molecular formula is C23H21NO6. The fourth-order valence-corrected chi connectivity index (χ4v) is 2.94. The highest BCUT2D eigenvalue weighted by Crippen LogP contribution is 2.34. The second-order valence-electron chi connectivity index (χ2n) is 6.42. The molecule has 0 unspecified atom stereocenters. The van der Waals surface area contributed by atoms with Gasteiger partial charge in [0.2, 0.25) is 0 Å². The van der Waals surface area contributed by atoms with Crippen LogP contribution in [0.4, 0.5) is 5.69 Å². The lowest BCUT2D eigenvalue weighted by molar-refractivity contribution is -0.384. The molecule has 30 heavy (non-hydrogen) atoms. The number of benzene rings is 3. The van der Waals surface area contributed by atoms with E-state index in [9.17, 15) is 14.9 Å². The van der Waals surface area contributed by atoms with Crippen LogP contribution in [-0.2, 0) is 0 Å². The van der Waals surface area contributed by atoms with Gasteiger partial charge in [0.15, 0.2) is 5.78 Å². The Balaban J connectivity index is 1.75. The highest BCUT2D eigenvalue weighted by molar-refractivity contribution is 5.96. The monoisotopic (exact) mass is 407 g/mol. The lowest BCUT2D eigenvalue weighted by Gasteiger charge is -2.14. The minimum atomic E-state index is -0.446. The summed E-state index contributed by atoms with van der Waals surface area (Å²) in [4.78, 5) is 22.4. The number of nitro groups is 1. The Hall–Kier alpha value is -3.87. The summed E-state index contributed by atoms with van der Waals surface area (Å²) in [5.74, 6) is 1.59. The summed E-state index contributed by atoms with van der Waals surface area (Å²) in [5.41, 5.74) is 1.83. The van der Waals surface area contributed by atoms with Crippen LogP contribution in [0.15, 0.2) is 66.7 Å². The number of carbonyl (C=O) groups excluding carboxylic acids is 1. The predicted octanol–water partition coefficient (Wildman–Crippen LogP) is 4.93. The van der Waals surface area contributed by atoms with Crippen LogP contribution >= 0.6 is 0 Å². The SMILES string of the molecule is COc1ccc(-c2cc([N+](=O)[O-])ccc2OCCOc2ccccc2C(C)=O)cc1. The van der Waals surface area contributed by atoms with Gasteiger partial charge in [0.1, 0.15) is 30.5 Å². The van der Waals surface area contributed by atoms with Gasteiger partial charge in [0, 0.05) is 17.7 Å². The summed E-state index contributed by atoms with van der Waals surface area (Å²) >= 11 is 0. The molecular weight excluding hydrogens is 386 g/mol. The van der Waals surface area contributed by atoms with Crippen LogP contribution in [0.2, 0.25) is 0 Å². The van der Waals surface area contributed by atoms with E-state index in [2.05, 4.69) is 0 Å². The van der Waals surface area contributed by atoms with Gasteiger partial charge in [0.05, 0.1) is 17.6 Å². The molecule has 0 aliphatic carbocycles. The maximum Gasteiger partial charge on any atom is 0.270 e. The Labute approximate surface area is 174 Å². The standard InChI is InChI=1S/C23H21NO6/c1-16(25)20-5-3-4-6-22(20)29-13-14-30-23-12-9-18(24(26)27)15-21(23)17-7-10-19(28-2)11-8-17/h3-12,15H,13-14H2,1-2H3. The summed E-state index contributed by atoms with van der Waals surface area (Å²) in [5, 5.41) is 11.2. The molecule has 0 atom stereocenters. The van der Waals surface area contributed by atoms with Gasteiger partial charge in [0.25, 0.3) is 5.69 Å². The molecule has 0 saturated carbocycles. The van der Waals surface area contributed by atoms with E-state index in [-0.39, 0.29) is 24.7 Å². The molecule has 7 heteroatoms. The minimum Gasteiger partial charge on any atom is -0.497 e. The van der Waals surface area contributed by atoms with E-state index in [1.165, 1.54) is 19.1 Å². The third kappa shape index (κ3) is 4.94. The summed E-state index contributed by atoms with van der Waals surface area (Å²) in [6.45, 7) is 1.90. The molecule has 0 radical (unpaired) electrons. The molecule has 0 N–H and O–H groups in total. The Morgan fingerprint density at radius 1 is 0.933 bits per heavy atom. The van der Waals surface area contributed by atoms with Gasteiger partial charge in [-0.15, -0.1) is 0 Å². The summed E-state index contributed by atoms with van der Waals surface area (Å²) in [6.07, 6.45) is 0. The molecule has 3 rings (SSSR count). The van der Waals surface area contributed by atoms with Crippen LogP contribution < -0.4 is 14.2 Å². The third-order valence-electron chi connectivity index (χ3n) is 4.44. The lowest BCUT2D eigenvalue weighted by atomic mass is 10.0. The number of non-ortho nitro benzene ring substituents is 1. The van der Waals surface area contributed by atoms with Crippen molar-refractivity contribution < 1.29 is 23.9 Å². The van der Waals surface area contributed by atoms with Crippen molar-refractivity contribution in [3.63, 3.8) is 0 Å². The van der Waals surface area contributed by atoms with Crippen LogP contribution in [0.5, 0.6) is 17.2 Å². The normalized spacial score (nSPS) is 10.3. The van der Waals surface area contributed by atoms with E-state index in [0.717, 1.165) is 5.56 Å². The molecule has 3 aromatic carbocycles. The average molecular weight is 407 g/mol. The largest absolute Gasteiger partial charge is 0.497 e. The first kappa shape index (κ1) is 20.9. The van der Waals surface area contributed by atoms with Crippen LogP contribution in [0.3, 0.4) is 0 Å². The van der Waals surface area contributed by atoms with E-state index in [1.807, 2.05) is 12.1 Å². The van der Waals surface area contributed by atoms with Crippen molar-refractivity contribution >= 4 is 11.5 Å². The fourth-order valence-electron chi connectivity index (χ4n) is 2.94. The number of hydrogen-bond donors (Lipinski definition) is 0. The van der Waals surface area contributed by atoms with Gasteiger partial charge in [-0.1, -0.05) is 24.3 Å². The first-order valence-corrected chi connectivity index (χ1v) is 9.28. The summed E-state index contributed by atoms with van der Waals surface area (Å²) < 4.78 is 16.7. The van der Waals surface area contributed by atoms with E-state index in [0.29, 0.717) is 28.4 Å². The van der Waals surface area contributed by atoms with Crippen molar-refractivity contribution in [2.24, 2.45) is 0 Å². The van der Waals surface area contributed by atoms with Crippen LogP contribution in [-0.4, -0.2) is 31.0 Å². The third-order valence-corrected chi connectivity index (χ3v) is 4.44. The van der Waals surface area contributed by atoms with E-state index in [1.54, 1.807) is 49.6 Å². The van der Waals surface area contributed by atoms with Gasteiger partial charge in [-0.2, -0.15) is 0 Å². The van der Waals surface area contributed by atoms with Gasteiger partial charge in [-0.25, -0.2) is 0 Å². The zero-order chi connectivity index (χ0) is 21.5. The number of nitro benzene ring substituents is 1. The highest BCUT2D eigenvalue weighted by atomic mass is 16.6. The molecule has 0 aliphatic rings. The molecule has 0 heterocycles. The molecule has 0 saturated heterocycles. The average Bonchev–Trinajstić information content (AvgIpc) is 2.77. The number of carbonyl (C=O) groups is 1. The quantitative estimate of drug-likeness (QED) is 0.216. The second kappa shape index (κ2) is 9.56. The number of ether oxygens (including phenoxy) is 3. The predicted molar refractivity (Wildman–Crippen MR) is 113 cm³/mol. The van der Waals surface area contributed by atoms with Gasteiger partial charge < -0.3 is 14.2 Å². The minimum absolute atomic E-state index is 0.0280. The molecule has 0 aliphatic heterocycles. The number of para-hydroxylation sites is 1. The van der Waals surface area contributed by atoms with Crippen molar-refractivity contribution in [2.75, 3.05) is 20.3 Å². The maximum absolute atomic E-state index is 11.7. The Morgan fingerprint density at radius 3 is 2.23 bits per heavy atom. The zero-order valence-corrected chi connectivity index (χ0v) is 16.7. The summed E-state index contributed by atoms with van der Waals surface area (Å²) in [6, 6.07) is 18.6. The van der Waals surface area contributed by atoms with Crippen molar-refractivity contribution in [1.29, 1.82) is 0 Å². The van der Waals surface area contributed by atoms with Crippen LogP contribution in [0, 0.1) is 10.1 Å². The maximum atomic E-state index is 11.7. The van der Waals surface area contributed by atoms with E-state index < -0.39 is 4.92 Å². The molecule has 0 fully saturated rings. The lowest BCUT2D eigenvalue weighted by Crippen LogP contribution is -2.11. The molecule has 0 bridgehead atoms. The first-order chi connectivity index (χ1) is 14.5. The van der Waals surface area contributed by atoms with Gasteiger partial charge in [-0.05, 0) is 42.8 Å². The molecule has 0 aromatic heterocycles. The summed E-state index contributed by atoms with van der Waals surface area (Å²) in [7, 11) is 1.57. The van der Waals surface area contributed by atoms with E-state index >= 15 is 0 Å². The second-order valence-corrected chi connectivity index (χ2v) is 6.42. The zero-order valence-electron chi connectivity index (χ0n) is 16.7. The Kier molecular flexibility index (Phi) is 6.64. The number of rotatable bonds is 9. The number of Topliss-reactive ketones (excluding diaryl/α,β-unsaturated/α-hetero) is 1. The van der Waals surface area contributed by atoms with Crippen molar-refractivity contribution in [3.8, 4) is 28.4 Å². The molecule has 154 valence electrons. The van der Waals surface area contributed by atoms with Crippen molar-refractivity contribution in [2.45, 2.75) is 6.92 Å². The topological polar surface area (TPSA) is 87.9 Å².